The molecule has 0 aliphatic carbocycles. The van der Waals surface area contributed by atoms with Gasteiger partial charge in [0.15, 0.2) is 0 Å². The molecule has 0 atom stereocenters. The van der Waals surface area contributed by atoms with Crippen LogP contribution in [0.2, 0.25) is 0 Å². The summed E-state index contributed by atoms with van der Waals surface area (Å²) in [6, 6.07) is 7.53. The predicted molar refractivity (Wildman–Crippen MR) is 79.7 cm³/mol. The van der Waals surface area contributed by atoms with Crippen molar-refractivity contribution < 1.29 is 19.4 Å². The van der Waals surface area contributed by atoms with Gasteiger partial charge in [0.2, 0.25) is 0 Å². The molecule has 2 rings (SSSR count). The van der Waals surface area contributed by atoms with Crippen molar-refractivity contribution in [3.63, 3.8) is 0 Å². The summed E-state index contributed by atoms with van der Waals surface area (Å²) in [4.78, 5) is 12.2. The maximum absolute atomic E-state index is 12.2. The highest BCUT2D eigenvalue weighted by molar-refractivity contribution is 5.99. The van der Waals surface area contributed by atoms with E-state index < -0.39 is 0 Å². The van der Waals surface area contributed by atoms with Gasteiger partial charge in [-0.2, -0.15) is 0 Å². The van der Waals surface area contributed by atoms with Gasteiger partial charge in [-0.1, -0.05) is 0 Å². The number of fused-ring (bicyclic) bond motifs is 1. The Balaban J connectivity index is 2.07. The molecule has 21 heavy (non-hydrogen) atoms. The minimum atomic E-state index is -0.153. The van der Waals surface area contributed by atoms with E-state index in [2.05, 4.69) is 5.32 Å². The quantitative estimate of drug-likeness (QED) is 0.745. The van der Waals surface area contributed by atoms with Crippen LogP contribution < -0.4 is 10.1 Å². The third-order valence-electron chi connectivity index (χ3n) is 3.25. The summed E-state index contributed by atoms with van der Waals surface area (Å²) in [6.45, 7) is 1.05. The van der Waals surface area contributed by atoms with Gasteiger partial charge in [-0.15, -0.1) is 0 Å². The van der Waals surface area contributed by atoms with Gasteiger partial charge in [-0.3, -0.25) is 4.79 Å². The summed E-state index contributed by atoms with van der Waals surface area (Å²) in [5.74, 6) is 0.609. The van der Waals surface area contributed by atoms with E-state index in [1.807, 2.05) is 35.9 Å². The standard InChI is InChI=1S/C15H20N2O4/c1-17-13-4-3-12(20-2)9-11(13)10-14(17)15(19)16-5-7-21-8-6-18/h3-4,9-10,18H,5-8H2,1-2H3,(H,16,19). The first-order chi connectivity index (χ1) is 10.2. The molecule has 6 nitrogen and oxygen atoms in total. The van der Waals surface area contributed by atoms with Gasteiger partial charge >= 0.3 is 0 Å². The van der Waals surface area contributed by atoms with E-state index in [4.69, 9.17) is 14.6 Å². The van der Waals surface area contributed by atoms with E-state index in [1.54, 1.807) is 7.11 Å². The SMILES string of the molecule is COc1ccc2c(c1)cc(C(=O)NCCOCCO)n2C. The minimum absolute atomic E-state index is 0.0149. The number of amides is 1. The van der Waals surface area contributed by atoms with Gasteiger partial charge in [0, 0.05) is 24.5 Å². The van der Waals surface area contributed by atoms with Crippen molar-refractivity contribution in [3.05, 3.63) is 30.0 Å². The topological polar surface area (TPSA) is 72.7 Å². The van der Waals surface area contributed by atoms with Gasteiger partial charge in [0.05, 0.1) is 26.9 Å². The molecule has 114 valence electrons. The van der Waals surface area contributed by atoms with Crippen LogP contribution in [0.15, 0.2) is 24.3 Å². The van der Waals surface area contributed by atoms with Crippen LogP contribution in [0.5, 0.6) is 5.75 Å². The number of aryl methyl sites for hydroxylation is 1. The molecular formula is C15H20N2O4. The highest BCUT2D eigenvalue weighted by atomic mass is 16.5. The third-order valence-corrected chi connectivity index (χ3v) is 3.25. The van der Waals surface area contributed by atoms with Gasteiger partial charge in [0.1, 0.15) is 11.4 Å². The Morgan fingerprint density at radius 3 is 2.86 bits per heavy atom. The van der Waals surface area contributed by atoms with Crippen molar-refractivity contribution in [1.82, 2.24) is 9.88 Å². The molecular weight excluding hydrogens is 272 g/mol. The zero-order chi connectivity index (χ0) is 15.2. The highest BCUT2D eigenvalue weighted by Crippen LogP contribution is 2.23. The van der Waals surface area contributed by atoms with E-state index in [9.17, 15) is 4.79 Å². The number of nitrogens with zero attached hydrogens (tertiary/aromatic N) is 1. The van der Waals surface area contributed by atoms with Crippen LogP contribution in [0.4, 0.5) is 0 Å². The normalized spacial score (nSPS) is 10.8. The van der Waals surface area contributed by atoms with E-state index in [-0.39, 0.29) is 19.1 Å². The molecule has 1 amide bonds. The molecule has 0 radical (unpaired) electrons. The number of hydrogen-bond donors (Lipinski definition) is 2. The first kappa shape index (κ1) is 15.3. The maximum atomic E-state index is 12.2. The molecule has 1 aromatic carbocycles. The van der Waals surface area contributed by atoms with Crippen molar-refractivity contribution in [2.45, 2.75) is 0 Å². The number of benzene rings is 1. The van der Waals surface area contributed by atoms with Gasteiger partial charge < -0.3 is 24.5 Å². The van der Waals surface area contributed by atoms with Crippen LogP contribution in [0, 0.1) is 0 Å². The summed E-state index contributed by atoms with van der Waals surface area (Å²) in [7, 11) is 3.47. The minimum Gasteiger partial charge on any atom is -0.497 e. The fraction of sp³-hybridized carbons (Fsp3) is 0.400. The second-order valence-electron chi connectivity index (χ2n) is 4.61. The molecule has 0 spiro atoms. The van der Waals surface area contributed by atoms with Crippen LogP contribution in [0.25, 0.3) is 10.9 Å². The van der Waals surface area contributed by atoms with E-state index in [0.717, 1.165) is 16.7 Å². The zero-order valence-corrected chi connectivity index (χ0v) is 12.3. The van der Waals surface area contributed by atoms with Crippen LogP contribution >= 0.6 is 0 Å². The largest absolute Gasteiger partial charge is 0.497 e. The smallest absolute Gasteiger partial charge is 0.268 e. The van der Waals surface area contributed by atoms with Crippen LogP contribution in [-0.4, -0.2) is 49.1 Å². The Morgan fingerprint density at radius 2 is 2.14 bits per heavy atom. The van der Waals surface area contributed by atoms with Crippen molar-refractivity contribution >= 4 is 16.8 Å². The van der Waals surface area contributed by atoms with Crippen LogP contribution in [0.3, 0.4) is 0 Å². The summed E-state index contributed by atoms with van der Waals surface area (Å²) < 4.78 is 12.1. The monoisotopic (exact) mass is 292 g/mol. The van der Waals surface area contributed by atoms with Crippen LogP contribution in [0.1, 0.15) is 10.5 Å². The zero-order valence-electron chi connectivity index (χ0n) is 12.3. The number of carbonyl (C=O) groups excluding carboxylic acids is 1. The Hall–Kier alpha value is -2.05. The summed E-state index contributed by atoms with van der Waals surface area (Å²) in [6.07, 6.45) is 0. The van der Waals surface area contributed by atoms with Gasteiger partial charge in [0.25, 0.3) is 5.91 Å². The number of aliphatic hydroxyl groups is 1. The molecule has 0 aliphatic heterocycles. The number of rotatable bonds is 7. The molecule has 6 heteroatoms. The van der Waals surface area contributed by atoms with E-state index in [1.165, 1.54) is 0 Å². The second kappa shape index (κ2) is 7.10. The first-order valence-corrected chi connectivity index (χ1v) is 6.77. The number of carbonyl (C=O) groups is 1. The highest BCUT2D eigenvalue weighted by Gasteiger charge is 2.13. The average molecular weight is 292 g/mol. The number of hydrogen-bond acceptors (Lipinski definition) is 4. The summed E-state index contributed by atoms with van der Waals surface area (Å²) >= 11 is 0. The lowest BCUT2D eigenvalue weighted by molar-refractivity contribution is 0.0833. The van der Waals surface area contributed by atoms with Gasteiger partial charge in [-0.05, 0) is 24.3 Å². The number of aromatic nitrogens is 1. The number of nitrogens with one attached hydrogen (secondary N) is 1. The lowest BCUT2D eigenvalue weighted by atomic mass is 10.2. The fourth-order valence-electron chi connectivity index (χ4n) is 2.17. The summed E-state index contributed by atoms with van der Waals surface area (Å²) in [5, 5.41) is 12.3. The molecule has 0 aliphatic rings. The number of ether oxygens (including phenoxy) is 2. The lowest BCUT2D eigenvalue weighted by Crippen LogP contribution is -2.29. The maximum Gasteiger partial charge on any atom is 0.268 e. The fourth-order valence-corrected chi connectivity index (χ4v) is 2.17. The Labute approximate surface area is 123 Å². The molecule has 0 unspecified atom stereocenters. The third kappa shape index (κ3) is 3.53. The number of methoxy groups -OCH3 is 1. The van der Waals surface area contributed by atoms with Crippen molar-refractivity contribution in [2.75, 3.05) is 33.5 Å². The molecule has 0 fully saturated rings. The Kier molecular flexibility index (Phi) is 5.19. The lowest BCUT2D eigenvalue weighted by Gasteiger charge is -2.07. The Morgan fingerprint density at radius 1 is 1.33 bits per heavy atom. The summed E-state index contributed by atoms with van der Waals surface area (Å²) in [5.41, 5.74) is 1.55. The molecule has 2 aromatic rings. The predicted octanol–water partition coefficient (Wildman–Crippen LogP) is 0.926. The average Bonchev–Trinajstić information content (AvgIpc) is 2.83. The van der Waals surface area contributed by atoms with Gasteiger partial charge in [-0.25, -0.2) is 0 Å². The molecule has 1 heterocycles. The number of aliphatic hydroxyl groups excluding tert-OH is 1. The van der Waals surface area contributed by atoms with Crippen molar-refractivity contribution in [1.29, 1.82) is 0 Å². The van der Waals surface area contributed by atoms with Crippen molar-refractivity contribution in [2.24, 2.45) is 7.05 Å². The molecule has 2 N–H and O–H groups in total. The molecule has 1 aromatic heterocycles. The molecule has 0 saturated carbocycles. The molecule has 0 saturated heterocycles. The molecule has 0 bridgehead atoms. The van der Waals surface area contributed by atoms with Crippen molar-refractivity contribution in [3.8, 4) is 5.75 Å². The first-order valence-electron chi connectivity index (χ1n) is 6.77. The second-order valence-corrected chi connectivity index (χ2v) is 4.61. The van der Waals surface area contributed by atoms with E-state index in [0.29, 0.717) is 18.8 Å². The van der Waals surface area contributed by atoms with Crippen LogP contribution in [-0.2, 0) is 11.8 Å². The Bertz CT molecular complexity index is 621. The van der Waals surface area contributed by atoms with E-state index >= 15 is 0 Å².